The van der Waals surface area contributed by atoms with Crippen LogP contribution >= 0.6 is 39.5 Å². The number of nitrogens with zero attached hydrogens (tertiary/aromatic N) is 2. The molecule has 1 aromatic heterocycles. The van der Waals surface area contributed by atoms with Crippen LogP contribution in [0.3, 0.4) is 0 Å². The van der Waals surface area contributed by atoms with Crippen molar-refractivity contribution in [2.24, 2.45) is 0 Å². The van der Waals surface area contributed by atoms with E-state index in [9.17, 15) is 5.26 Å². The Kier molecular flexibility index (Phi) is 7.48. The number of pyridine rings is 1. The van der Waals surface area contributed by atoms with Gasteiger partial charge in [0.1, 0.15) is 11.1 Å². The van der Waals surface area contributed by atoms with Gasteiger partial charge in [0.25, 0.3) is 0 Å². The van der Waals surface area contributed by atoms with E-state index in [2.05, 4.69) is 46.3 Å². The highest BCUT2D eigenvalue weighted by molar-refractivity contribution is 9.10. The third-order valence-electron chi connectivity index (χ3n) is 4.71. The molecule has 0 saturated carbocycles. The van der Waals surface area contributed by atoms with Crippen LogP contribution in [0, 0.1) is 11.3 Å². The van der Waals surface area contributed by atoms with Crippen LogP contribution in [0.4, 0.5) is 0 Å². The van der Waals surface area contributed by atoms with E-state index >= 15 is 0 Å². The first-order valence-corrected chi connectivity index (χ1v) is 12.7. The molecule has 0 amide bonds. The summed E-state index contributed by atoms with van der Waals surface area (Å²) < 4.78 is 1.03. The molecule has 2 nitrogen and oxygen atoms in total. The number of thioether (sulfide) groups is 2. The summed E-state index contributed by atoms with van der Waals surface area (Å²) in [5.74, 6) is 0.938. The Morgan fingerprint density at radius 2 is 1.52 bits per heavy atom. The van der Waals surface area contributed by atoms with Gasteiger partial charge in [-0.3, -0.25) is 0 Å². The second-order valence-electron chi connectivity index (χ2n) is 6.82. The molecule has 5 heteroatoms. The zero-order valence-corrected chi connectivity index (χ0v) is 19.9. The lowest BCUT2D eigenvalue weighted by Crippen LogP contribution is -1.96. The van der Waals surface area contributed by atoms with Crippen molar-refractivity contribution in [2.45, 2.75) is 10.8 Å². The fraction of sp³-hybridized carbons (Fsp3) is 0.0769. The average molecular weight is 503 g/mol. The van der Waals surface area contributed by atoms with Crippen molar-refractivity contribution in [2.75, 3.05) is 5.08 Å². The maximum atomic E-state index is 9.98. The van der Waals surface area contributed by atoms with Crippen LogP contribution in [0.25, 0.3) is 22.4 Å². The van der Waals surface area contributed by atoms with Crippen molar-refractivity contribution >= 4 is 39.5 Å². The quantitative estimate of drug-likeness (QED) is 0.145. The van der Waals surface area contributed by atoms with Crippen molar-refractivity contribution in [1.29, 1.82) is 5.26 Å². The highest BCUT2D eigenvalue weighted by Crippen LogP contribution is 2.35. The van der Waals surface area contributed by atoms with E-state index in [4.69, 9.17) is 4.98 Å². The molecule has 0 atom stereocenters. The Bertz CT molecular complexity index is 1190. The third-order valence-corrected chi connectivity index (χ3v) is 7.49. The molecule has 152 valence electrons. The minimum absolute atomic E-state index is 0.636. The topological polar surface area (TPSA) is 36.7 Å². The zero-order valence-electron chi connectivity index (χ0n) is 16.7. The minimum Gasteiger partial charge on any atom is -0.240 e. The van der Waals surface area contributed by atoms with E-state index in [1.165, 1.54) is 5.56 Å². The summed E-state index contributed by atoms with van der Waals surface area (Å²) in [6.07, 6.45) is 0. The van der Waals surface area contributed by atoms with Gasteiger partial charge in [-0.1, -0.05) is 100 Å². The molecule has 4 aromatic rings. The first kappa shape index (κ1) is 21.7. The number of hydrogen-bond acceptors (Lipinski definition) is 4. The van der Waals surface area contributed by atoms with Gasteiger partial charge in [0, 0.05) is 26.4 Å². The number of rotatable bonds is 7. The third kappa shape index (κ3) is 5.59. The number of halogens is 1. The second kappa shape index (κ2) is 10.7. The Labute approximate surface area is 199 Å². The van der Waals surface area contributed by atoms with Crippen molar-refractivity contribution in [1.82, 2.24) is 4.98 Å². The average Bonchev–Trinajstić information content (AvgIpc) is 2.83. The molecule has 0 saturated heterocycles. The second-order valence-corrected chi connectivity index (χ2v) is 10.0. The summed E-state index contributed by atoms with van der Waals surface area (Å²) in [7, 11) is 0. The number of benzene rings is 3. The van der Waals surface area contributed by atoms with Gasteiger partial charge >= 0.3 is 0 Å². The normalized spacial score (nSPS) is 10.6. The van der Waals surface area contributed by atoms with Crippen LogP contribution in [0.5, 0.6) is 0 Å². The van der Waals surface area contributed by atoms with Crippen LogP contribution in [0.15, 0.2) is 100 Å². The first-order valence-electron chi connectivity index (χ1n) is 9.75. The summed E-state index contributed by atoms with van der Waals surface area (Å²) >= 11 is 6.96. The minimum atomic E-state index is 0.636. The fourth-order valence-electron chi connectivity index (χ4n) is 3.18. The fourth-order valence-corrected chi connectivity index (χ4v) is 5.45. The Morgan fingerprint density at radius 1 is 0.839 bits per heavy atom. The molecule has 31 heavy (non-hydrogen) atoms. The van der Waals surface area contributed by atoms with E-state index < -0.39 is 0 Å². The molecule has 0 aliphatic heterocycles. The van der Waals surface area contributed by atoms with Crippen LogP contribution in [0.1, 0.15) is 11.1 Å². The lowest BCUT2D eigenvalue weighted by atomic mass is 9.99. The van der Waals surface area contributed by atoms with E-state index in [-0.39, 0.29) is 0 Å². The predicted molar refractivity (Wildman–Crippen MR) is 136 cm³/mol. The molecule has 1 heterocycles. The smallest absolute Gasteiger partial charge is 0.116 e. The largest absolute Gasteiger partial charge is 0.240 e. The summed E-state index contributed by atoms with van der Waals surface area (Å²) in [5, 5.41) is 11.6. The van der Waals surface area contributed by atoms with E-state index in [1.807, 2.05) is 78.5 Å². The highest BCUT2D eigenvalue weighted by Gasteiger charge is 2.16. The molecule has 0 N–H and O–H groups in total. The molecule has 0 radical (unpaired) electrons. The van der Waals surface area contributed by atoms with Gasteiger partial charge in [-0.25, -0.2) is 4.98 Å². The van der Waals surface area contributed by atoms with Gasteiger partial charge in [0.05, 0.1) is 11.3 Å². The van der Waals surface area contributed by atoms with Gasteiger partial charge in [0.15, 0.2) is 0 Å². The van der Waals surface area contributed by atoms with Gasteiger partial charge < -0.3 is 0 Å². The lowest BCUT2D eigenvalue weighted by molar-refractivity contribution is 1.12. The molecular weight excluding hydrogens is 484 g/mol. The van der Waals surface area contributed by atoms with Crippen LogP contribution in [-0.4, -0.2) is 10.1 Å². The van der Waals surface area contributed by atoms with Crippen molar-refractivity contribution in [3.05, 3.63) is 107 Å². The lowest BCUT2D eigenvalue weighted by Gasteiger charge is -2.12. The van der Waals surface area contributed by atoms with Crippen molar-refractivity contribution in [3.8, 4) is 28.5 Å². The molecular formula is C26H19BrN2S2. The van der Waals surface area contributed by atoms with Gasteiger partial charge in [0.2, 0.25) is 0 Å². The molecule has 3 aromatic carbocycles. The predicted octanol–water partition coefficient (Wildman–Crippen LogP) is 8.03. The van der Waals surface area contributed by atoms with Crippen LogP contribution < -0.4 is 0 Å². The monoisotopic (exact) mass is 502 g/mol. The van der Waals surface area contributed by atoms with E-state index in [1.54, 1.807) is 11.8 Å². The Balaban J connectivity index is 1.66. The van der Waals surface area contributed by atoms with E-state index in [0.29, 0.717) is 5.56 Å². The Hall–Kier alpha value is -2.52. The maximum Gasteiger partial charge on any atom is 0.116 e. The molecule has 0 bridgehead atoms. The number of nitriles is 1. The maximum absolute atomic E-state index is 9.98. The zero-order chi connectivity index (χ0) is 21.5. The molecule has 0 fully saturated rings. The first-order chi connectivity index (χ1) is 15.2. The number of hydrogen-bond donors (Lipinski definition) is 0. The summed E-state index contributed by atoms with van der Waals surface area (Å²) in [5.41, 5.74) is 5.79. The SMILES string of the molecule is N#Cc1c(-c2ccccc2)cc(-c2ccc(Br)cc2)nc1SCSCc1ccccc1. The van der Waals surface area contributed by atoms with E-state index in [0.717, 1.165) is 42.7 Å². The van der Waals surface area contributed by atoms with Gasteiger partial charge in [-0.2, -0.15) is 5.26 Å². The van der Waals surface area contributed by atoms with Crippen LogP contribution in [0.2, 0.25) is 0 Å². The molecule has 0 aliphatic rings. The van der Waals surface area contributed by atoms with Crippen molar-refractivity contribution in [3.63, 3.8) is 0 Å². The molecule has 0 aliphatic carbocycles. The summed E-state index contributed by atoms with van der Waals surface area (Å²) in [6.45, 7) is 0. The van der Waals surface area contributed by atoms with Gasteiger partial charge in [-0.15, -0.1) is 11.8 Å². The summed E-state index contributed by atoms with van der Waals surface area (Å²) in [4.78, 5) is 4.89. The molecule has 0 spiro atoms. The molecule has 4 rings (SSSR count). The van der Waals surface area contributed by atoms with Crippen molar-refractivity contribution < 1.29 is 0 Å². The highest BCUT2D eigenvalue weighted by atomic mass is 79.9. The van der Waals surface area contributed by atoms with Gasteiger partial charge in [-0.05, 0) is 29.3 Å². The standard InChI is InChI=1S/C26H19BrN2S2/c27-22-13-11-21(12-14-22)25-15-23(20-9-5-2-6-10-20)24(16-28)26(29-25)31-18-30-17-19-7-3-1-4-8-19/h1-15H,17-18H2. The Morgan fingerprint density at radius 3 is 2.19 bits per heavy atom. The number of aromatic nitrogens is 1. The summed E-state index contributed by atoms with van der Waals surface area (Å²) in [6, 6.07) is 33.1. The molecule has 0 unspecified atom stereocenters. The van der Waals surface area contributed by atoms with Crippen LogP contribution in [-0.2, 0) is 5.75 Å².